The van der Waals surface area contributed by atoms with E-state index in [9.17, 15) is 0 Å². The van der Waals surface area contributed by atoms with Crippen LogP contribution in [0, 0.1) is 5.41 Å². The molecule has 2 unspecified atom stereocenters. The van der Waals surface area contributed by atoms with Crippen molar-refractivity contribution in [2.45, 2.75) is 58.0 Å². The zero-order chi connectivity index (χ0) is 12.0. The predicted octanol–water partition coefficient (Wildman–Crippen LogP) is 2.63. The van der Waals surface area contributed by atoms with Gasteiger partial charge < -0.3 is 11.1 Å². The molecule has 0 aromatic heterocycles. The van der Waals surface area contributed by atoms with Gasteiger partial charge in [0, 0.05) is 18.6 Å². The van der Waals surface area contributed by atoms with Crippen molar-refractivity contribution < 1.29 is 0 Å². The number of hydrogen-bond donors (Lipinski definition) is 2. The highest BCUT2D eigenvalue weighted by atomic mass is 32.2. The van der Waals surface area contributed by atoms with Gasteiger partial charge in [0.15, 0.2) is 0 Å². The molecule has 0 aromatic rings. The van der Waals surface area contributed by atoms with Gasteiger partial charge in [-0.2, -0.15) is 11.8 Å². The molecule has 0 saturated heterocycles. The van der Waals surface area contributed by atoms with E-state index < -0.39 is 0 Å². The van der Waals surface area contributed by atoms with Crippen LogP contribution in [0.3, 0.4) is 0 Å². The van der Waals surface area contributed by atoms with Crippen LogP contribution in [-0.4, -0.2) is 30.6 Å². The highest BCUT2D eigenvalue weighted by Crippen LogP contribution is 2.37. The molecule has 1 rings (SSSR count). The molecule has 0 bridgehead atoms. The van der Waals surface area contributed by atoms with Gasteiger partial charge in [-0.15, -0.1) is 0 Å². The second-order valence-corrected chi connectivity index (χ2v) is 6.82. The van der Waals surface area contributed by atoms with Crippen LogP contribution in [0.25, 0.3) is 0 Å². The maximum absolute atomic E-state index is 5.83. The van der Waals surface area contributed by atoms with Crippen LogP contribution in [0.1, 0.15) is 46.0 Å². The Morgan fingerprint density at radius 1 is 1.50 bits per heavy atom. The average molecular weight is 244 g/mol. The molecule has 16 heavy (non-hydrogen) atoms. The van der Waals surface area contributed by atoms with E-state index in [-0.39, 0.29) is 0 Å². The van der Waals surface area contributed by atoms with Crippen LogP contribution in [0.2, 0.25) is 0 Å². The highest BCUT2D eigenvalue weighted by Gasteiger charge is 2.31. The van der Waals surface area contributed by atoms with Crippen molar-refractivity contribution in [1.29, 1.82) is 0 Å². The van der Waals surface area contributed by atoms with E-state index >= 15 is 0 Å². The molecule has 1 fully saturated rings. The van der Waals surface area contributed by atoms with E-state index in [1.165, 1.54) is 37.9 Å². The first kappa shape index (κ1) is 14.3. The molecule has 1 aliphatic rings. The summed E-state index contributed by atoms with van der Waals surface area (Å²) in [6, 6.07) is 1.24. The lowest BCUT2D eigenvalue weighted by atomic mass is 9.91. The third kappa shape index (κ3) is 5.07. The van der Waals surface area contributed by atoms with Gasteiger partial charge in [-0.1, -0.05) is 13.8 Å². The van der Waals surface area contributed by atoms with Gasteiger partial charge >= 0.3 is 0 Å². The lowest BCUT2D eigenvalue weighted by Crippen LogP contribution is -2.42. The lowest BCUT2D eigenvalue weighted by molar-refractivity contribution is 0.347. The number of rotatable bonds is 7. The van der Waals surface area contributed by atoms with Gasteiger partial charge in [0.05, 0.1) is 0 Å². The smallest absolute Gasteiger partial charge is 0.0193 e. The Morgan fingerprint density at radius 3 is 2.75 bits per heavy atom. The zero-order valence-corrected chi connectivity index (χ0v) is 11.9. The van der Waals surface area contributed by atoms with Crippen molar-refractivity contribution in [3.05, 3.63) is 0 Å². The summed E-state index contributed by atoms with van der Waals surface area (Å²) in [6.45, 7) is 5.53. The minimum atomic E-state index is 0.533. The van der Waals surface area contributed by atoms with Crippen LogP contribution >= 0.6 is 11.8 Å². The monoisotopic (exact) mass is 244 g/mol. The molecule has 96 valence electrons. The summed E-state index contributed by atoms with van der Waals surface area (Å²) in [5.41, 5.74) is 6.37. The topological polar surface area (TPSA) is 38.0 Å². The first-order valence-electron chi connectivity index (χ1n) is 6.52. The van der Waals surface area contributed by atoms with Crippen molar-refractivity contribution in [2.75, 3.05) is 18.6 Å². The van der Waals surface area contributed by atoms with Crippen molar-refractivity contribution in [2.24, 2.45) is 11.1 Å². The van der Waals surface area contributed by atoms with Crippen LogP contribution in [0.5, 0.6) is 0 Å². The first-order valence-corrected chi connectivity index (χ1v) is 7.92. The van der Waals surface area contributed by atoms with E-state index in [2.05, 4.69) is 25.4 Å². The number of hydrogen-bond acceptors (Lipinski definition) is 3. The van der Waals surface area contributed by atoms with E-state index in [1.807, 2.05) is 11.8 Å². The maximum atomic E-state index is 5.83. The predicted molar refractivity (Wildman–Crippen MR) is 75.0 cm³/mol. The molecular weight excluding hydrogens is 216 g/mol. The lowest BCUT2D eigenvalue weighted by Gasteiger charge is -2.23. The molecule has 0 aliphatic heterocycles. The number of nitrogens with two attached hydrogens (primary N) is 1. The molecule has 0 heterocycles. The van der Waals surface area contributed by atoms with Crippen LogP contribution in [0.15, 0.2) is 0 Å². The van der Waals surface area contributed by atoms with E-state index in [0.29, 0.717) is 17.5 Å². The van der Waals surface area contributed by atoms with Gasteiger partial charge in [-0.05, 0) is 49.5 Å². The van der Waals surface area contributed by atoms with Crippen molar-refractivity contribution in [1.82, 2.24) is 5.32 Å². The Kier molecular flexibility index (Phi) is 6.16. The van der Waals surface area contributed by atoms with Crippen molar-refractivity contribution >= 4 is 11.8 Å². The molecule has 3 heteroatoms. The fourth-order valence-electron chi connectivity index (χ4n) is 2.66. The van der Waals surface area contributed by atoms with Gasteiger partial charge in [0.25, 0.3) is 0 Å². The molecule has 1 aliphatic carbocycles. The normalized spacial score (nSPS) is 25.9. The Balaban J connectivity index is 2.23. The molecule has 1 saturated carbocycles. The summed E-state index contributed by atoms with van der Waals surface area (Å²) in [7, 11) is 0. The summed E-state index contributed by atoms with van der Waals surface area (Å²) in [6.07, 6.45) is 8.68. The molecule has 2 atom stereocenters. The Bertz CT molecular complexity index is 194. The molecule has 0 spiro atoms. The van der Waals surface area contributed by atoms with E-state index in [0.717, 1.165) is 6.54 Å². The summed E-state index contributed by atoms with van der Waals surface area (Å²) < 4.78 is 0. The van der Waals surface area contributed by atoms with Crippen LogP contribution < -0.4 is 11.1 Å². The Labute approximate surface area is 105 Å². The standard InChI is InChI=1S/C13H28N2S/c1-13(2)7-6-11(9-13)15-12(10-14)5-4-8-16-3/h11-12,15H,4-10,14H2,1-3H3. The van der Waals surface area contributed by atoms with Crippen LogP contribution in [-0.2, 0) is 0 Å². The quantitative estimate of drug-likeness (QED) is 0.676. The molecule has 2 nitrogen and oxygen atoms in total. The minimum absolute atomic E-state index is 0.533. The fourth-order valence-corrected chi connectivity index (χ4v) is 3.11. The van der Waals surface area contributed by atoms with Gasteiger partial charge in [0.1, 0.15) is 0 Å². The zero-order valence-electron chi connectivity index (χ0n) is 11.1. The van der Waals surface area contributed by atoms with Gasteiger partial charge in [-0.25, -0.2) is 0 Å². The summed E-state index contributed by atoms with van der Waals surface area (Å²) >= 11 is 1.93. The first-order chi connectivity index (χ1) is 7.57. The number of nitrogens with one attached hydrogen (secondary N) is 1. The van der Waals surface area contributed by atoms with E-state index in [4.69, 9.17) is 5.73 Å². The molecule has 0 amide bonds. The third-order valence-electron chi connectivity index (χ3n) is 3.63. The van der Waals surface area contributed by atoms with E-state index in [1.54, 1.807) is 0 Å². The number of thioether (sulfide) groups is 1. The van der Waals surface area contributed by atoms with Crippen molar-refractivity contribution in [3.8, 4) is 0 Å². The molecule has 3 N–H and O–H groups in total. The molecule has 0 aromatic carbocycles. The summed E-state index contributed by atoms with van der Waals surface area (Å²) in [5.74, 6) is 1.26. The largest absolute Gasteiger partial charge is 0.329 e. The maximum Gasteiger partial charge on any atom is 0.0193 e. The fraction of sp³-hybridized carbons (Fsp3) is 1.00. The average Bonchev–Trinajstić information content (AvgIpc) is 2.57. The molecular formula is C13H28N2S. The highest BCUT2D eigenvalue weighted by molar-refractivity contribution is 7.98. The third-order valence-corrected chi connectivity index (χ3v) is 4.32. The van der Waals surface area contributed by atoms with Gasteiger partial charge in [0.2, 0.25) is 0 Å². The second-order valence-electron chi connectivity index (χ2n) is 5.84. The second kappa shape index (κ2) is 6.87. The Morgan fingerprint density at radius 2 is 2.25 bits per heavy atom. The summed E-state index contributed by atoms with van der Waals surface area (Å²) in [4.78, 5) is 0. The SMILES string of the molecule is CSCCCC(CN)NC1CCC(C)(C)C1. The van der Waals surface area contributed by atoms with Crippen LogP contribution in [0.4, 0.5) is 0 Å². The van der Waals surface area contributed by atoms with Gasteiger partial charge in [-0.3, -0.25) is 0 Å². The minimum Gasteiger partial charge on any atom is -0.329 e. The van der Waals surface area contributed by atoms with Crippen molar-refractivity contribution in [3.63, 3.8) is 0 Å². The summed E-state index contributed by atoms with van der Waals surface area (Å²) in [5, 5.41) is 3.75. The molecule has 0 radical (unpaired) electrons. The Hall–Kier alpha value is 0.270.